The van der Waals surface area contributed by atoms with Gasteiger partial charge in [-0.3, -0.25) is 4.79 Å². The quantitative estimate of drug-likeness (QED) is 0.713. The van der Waals surface area contributed by atoms with Crippen LogP contribution < -0.4 is 0 Å². The van der Waals surface area contributed by atoms with E-state index in [-0.39, 0.29) is 11.9 Å². The van der Waals surface area contributed by atoms with Gasteiger partial charge in [-0.2, -0.15) is 0 Å². The summed E-state index contributed by atoms with van der Waals surface area (Å²) < 4.78 is 5.09. The van der Waals surface area contributed by atoms with E-state index in [4.69, 9.17) is 4.74 Å². The molecule has 0 radical (unpaired) electrons. The van der Waals surface area contributed by atoms with Gasteiger partial charge in [-0.15, -0.1) is 0 Å². The molecular formula is C18H22O2. The first kappa shape index (κ1) is 14.6. The fourth-order valence-electron chi connectivity index (χ4n) is 2.62. The lowest BCUT2D eigenvalue weighted by molar-refractivity contribution is -0.143. The lowest BCUT2D eigenvalue weighted by Gasteiger charge is -2.16. The summed E-state index contributed by atoms with van der Waals surface area (Å²) in [6, 6.07) is 14.8. The smallest absolute Gasteiger partial charge is 0.306 e. The monoisotopic (exact) mass is 270 g/mol. The highest BCUT2D eigenvalue weighted by atomic mass is 16.5. The second kappa shape index (κ2) is 7.09. The van der Waals surface area contributed by atoms with Crippen LogP contribution in [0, 0.1) is 0 Å². The van der Waals surface area contributed by atoms with E-state index in [9.17, 15) is 4.79 Å². The predicted molar refractivity (Wildman–Crippen MR) is 82.8 cm³/mol. The van der Waals surface area contributed by atoms with Crippen molar-refractivity contribution < 1.29 is 9.53 Å². The molecule has 0 aliphatic heterocycles. The maximum absolute atomic E-state index is 11.7. The normalized spacial score (nSPS) is 12.3. The molecule has 0 aliphatic rings. The number of hydrogen-bond acceptors (Lipinski definition) is 2. The number of hydrogen-bond donors (Lipinski definition) is 0. The molecular weight excluding hydrogens is 248 g/mol. The van der Waals surface area contributed by atoms with E-state index >= 15 is 0 Å². The van der Waals surface area contributed by atoms with Crippen LogP contribution in [0.2, 0.25) is 0 Å². The predicted octanol–water partition coefficient (Wildman–Crippen LogP) is 4.68. The number of carbonyl (C=O) groups excluding carboxylic acids is 1. The second-order valence-electron chi connectivity index (χ2n) is 5.10. The lowest BCUT2D eigenvalue weighted by atomic mass is 9.90. The molecule has 0 heterocycles. The van der Waals surface area contributed by atoms with Crippen molar-refractivity contribution in [1.29, 1.82) is 0 Å². The molecule has 0 amide bonds. The molecule has 2 aromatic carbocycles. The fraction of sp³-hybridized carbons (Fsp3) is 0.389. The van der Waals surface area contributed by atoms with Gasteiger partial charge in [-0.1, -0.05) is 55.8 Å². The third-order valence-electron chi connectivity index (χ3n) is 3.60. The van der Waals surface area contributed by atoms with Gasteiger partial charge in [-0.25, -0.2) is 0 Å². The minimum Gasteiger partial charge on any atom is -0.466 e. The van der Waals surface area contributed by atoms with Crippen molar-refractivity contribution in [3.05, 3.63) is 48.0 Å². The number of ether oxygens (including phenoxy) is 1. The Morgan fingerprint density at radius 1 is 1.10 bits per heavy atom. The van der Waals surface area contributed by atoms with Crippen molar-refractivity contribution >= 4 is 16.7 Å². The Morgan fingerprint density at radius 2 is 1.85 bits per heavy atom. The van der Waals surface area contributed by atoms with Crippen LogP contribution in [0.1, 0.15) is 44.6 Å². The van der Waals surface area contributed by atoms with Crippen LogP contribution in [0.5, 0.6) is 0 Å². The van der Waals surface area contributed by atoms with E-state index < -0.39 is 0 Å². The Bertz CT molecular complexity index is 574. The minimum atomic E-state index is -0.0980. The molecule has 0 fully saturated rings. The summed E-state index contributed by atoms with van der Waals surface area (Å²) in [6.45, 7) is 4.46. The summed E-state index contributed by atoms with van der Waals surface area (Å²) in [4.78, 5) is 11.7. The molecule has 20 heavy (non-hydrogen) atoms. The molecule has 0 bridgehead atoms. The highest BCUT2D eigenvalue weighted by Gasteiger charge is 2.16. The molecule has 1 atom stereocenters. The molecule has 106 valence electrons. The summed E-state index contributed by atoms with van der Waals surface area (Å²) in [6.07, 6.45) is 2.55. The lowest BCUT2D eigenvalue weighted by Crippen LogP contribution is -2.10. The summed E-state index contributed by atoms with van der Waals surface area (Å²) >= 11 is 0. The second-order valence-corrected chi connectivity index (χ2v) is 5.10. The average Bonchev–Trinajstić information content (AvgIpc) is 2.46. The summed E-state index contributed by atoms with van der Waals surface area (Å²) in [5, 5.41) is 2.47. The van der Waals surface area contributed by atoms with Crippen LogP contribution in [-0.4, -0.2) is 12.6 Å². The molecule has 2 nitrogen and oxygen atoms in total. The Hall–Kier alpha value is -1.83. The van der Waals surface area contributed by atoms with Crippen LogP contribution >= 0.6 is 0 Å². The van der Waals surface area contributed by atoms with Gasteiger partial charge in [0.25, 0.3) is 0 Å². The highest BCUT2D eigenvalue weighted by Crippen LogP contribution is 2.28. The van der Waals surface area contributed by atoms with Gasteiger partial charge < -0.3 is 4.74 Å². The third kappa shape index (κ3) is 3.60. The third-order valence-corrected chi connectivity index (χ3v) is 3.60. The first-order chi connectivity index (χ1) is 9.74. The molecule has 2 heteroatoms. The molecule has 0 aromatic heterocycles. The number of fused-ring (bicyclic) bond motifs is 1. The average molecular weight is 270 g/mol. The van der Waals surface area contributed by atoms with Gasteiger partial charge in [0.1, 0.15) is 0 Å². The van der Waals surface area contributed by atoms with Gasteiger partial charge in [0.05, 0.1) is 13.0 Å². The Balaban J connectivity index is 2.23. The maximum atomic E-state index is 11.7. The molecule has 0 unspecified atom stereocenters. The van der Waals surface area contributed by atoms with E-state index in [0.29, 0.717) is 13.0 Å². The minimum absolute atomic E-state index is 0.0980. The largest absolute Gasteiger partial charge is 0.466 e. The molecule has 2 rings (SSSR count). The zero-order chi connectivity index (χ0) is 14.4. The van der Waals surface area contributed by atoms with Gasteiger partial charge >= 0.3 is 5.97 Å². The molecule has 0 saturated heterocycles. The van der Waals surface area contributed by atoms with E-state index in [2.05, 4.69) is 37.3 Å². The standard InChI is InChI=1S/C18H22O2/c1-3-7-15(13-18(19)20-4-2)17-11-10-14-8-5-6-9-16(14)12-17/h5-6,8-12,15H,3-4,7,13H2,1-2H3/t15-/m1/s1. The molecule has 0 spiro atoms. The van der Waals surface area contributed by atoms with Crippen LogP contribution in [-0.2, 0) is 9.53 Å². The summed E-state index contributed by atoms with van der Waals surface area (Å²) in [5.41, 5.74) is 1.23. The number of esters is 1. The maximum Gasteiger partial charge on any atom is 0.306 e. The summed E-state index contributed by atoms with van der Waals surface area (Å²) in [7, 11) is 0. The van der Waals surface area contributed by atoms with Gasteiger partial charge in [0.2, 0.25) is 0 Å². The highest BCUT2D eigenvalue weighted by molar-refractivity contribution is 5.83. The Morgan fingerprint density at radius 3 is 2.55 bits per heavy atom. The number of rotatable bonds is 6. The number of benzene rings is 2. The van der Waals surface area contributed by atoms with Crippen molar-refractivity contribution in [1.82, 2.24) is 0 Å². The van der Waals surface area contributed by atoms with E-state index in [1.165, 1.54) is 16.3 Å². The zero-order valence-electron chi connectivity index (χ0n) is 12.3. The van der Waals surface area contributed by atoms with Crippen molar-refractivity contribution in [3.8, 4) is 0 Å². The van der Waals surface area contributed by atoms with Gasteiger partial charge in [-0.05, 0) is 35.6 Å². The Kier molecular flexibility index (Phi) is 5.16. The molecule has 0 N–H and O–H groups in total. The van der Waals surface area contributed by atoms with E-state index in [1.54, 1.807) is 0 Å². The fourth-order valence-corrected chi connectivity index (χ4v) is 2.62. The first-order valence-electron chi connectivity index (χ1n) is 7.39. The van der Waals surface area contributed by atoms with E-state index in [0.717, 1.165) is 12.8 Å². The number of carbonyl (C=O) groups is 1. The van der Waals surface area contributed by atoms with Crippen molar-refractivity contribution in [2.45, 2.75) is 39.0 Å². The van der Waals surface area contributed by atoms with Crippen molar-refractivity contribution in [2.75, 3.05) is 6.61 Å². The van der Waals surface area contributed by atoms with Crippen LogP contribution in [0.15, 0.2) is 42.5 Å². The van der Waals surface area contributed by atoms with Crippen molar-refractivity contribution in [3.63, 3.8) is 0 Å². The summed E-state index contributed by atoms with van der Waals surface area (Å²) in [5.74, 6) is 0.155. The van der Waals surface area contributed by atoms with Crippen LogP contribution in [0.3, 0.4) is 0 Å². The zero-order valence-corrected chi connectivity index (χ0v) is 12.3. The Labute approximate surface area is 120 Å². The SMILES string of the molecule is CCC[C@H](CC(=O)OCC)c1ccc2ccccc2c1. The van der Waals surface area contributed by atoms with E-state index in [1.807, 2.05) is 19.1 Å². The van der Waals surface area contributed by atoms with Crippen LogP contribution in [0.25, 0.3) is 10.8 Å². The van der Waals surface area contributed by atoms with Gasteiger partial charge in [0, 0.05) is 0 Å². The molecule has 0 saturated carbocycles. The first-order valence-corrected chi connectivity index (χ1v) is 7.39. The van der Waals surface area contributed by atoms with Crippen LogP contribution in [0.4, 0.5) is 0 Å². The molecule has 0 aliphatic carbocycles. The van der Waals surface area contributed by atoms with Gasteiger partial charge in [0.15, 0.2) is 0 Å². The topological polar surface area (TPSA) is 26.3 Å². The van der Waals surface area contributed by atoms with Crippen molar-refractivity contribution in [2.24, 2.45) is 0 Å². The molecule has 2 aromatic rings.